The second-order valence-electron chi connectivity index (χ2n) is 7.91. The maximum Gasteiger partial charge on any atom is 0.178 e. The molecule has 0 unspecified atom stereocenters. The Bertz CT molecular complexity index is 1600. The molecule has 6 aromatic rings. The fourth-order valence-corrected chi connectivity index (χ4v) is 4.01. The first-order chi connectivity index (χ1) is 16.8. The van der Waals surface area contributed by atoms with Gasteiger partial charge in [0.25, 0.3) is 0 Å². The van der Waals surface area contributed by atoms with Crippen molar-refractivity contribution in [3.8, 4) is 34.0 Å². The molecule has 166 valence electrons. The third-order valence-corrected chi connectivity index (χ3v) is 5.67. The van der Waals surface area contributed by atoms with Crippen LogP contribution in [-0.2, 0) is 6.54 Å². The molecular formula is C25H21N9. The number of imidazole rings is 1. The standard InChI is InChI=1S/C25H21N9/c1-2-26-11-15-9-16(13-27-12-15)20-10-18-21(14-30-20)33-34-23(18)25-31-22-17(6-8-29-24(22)32-25)19-5-3-4-7-28-19/h3-10,12-14,26H,2,11H2,1H3,(H,33,34)(H,29,31,32). The van der Waals surface area contributed by atoms with E-state index in [1.165, 1.54) is 0 Å². The Balaban J connectivity index is 1.44. The van der Waals surface area contributed by atoms with Crippen LogP contribution in [0, 0.1) is 0 Å². The topological polar surface area (TPSA) is 121 Å². The number of nitrogens with zero attached hydrogens (tertiary/aromatic N) is 6. The second kappa shape index (κ2) is 8.45. The van der Waals surface area contributed by atoms with E-state index in [2.05, 4.69) is 53.4 Å². The number of hydrogen-bond donors (Lipinski definition) is 3. The second-order valence-corrected chi connectivity index (χ2v) is 7.91. The summed E-state index contributed by atoms with van der Waals surface area (Å²) in [6.07, 6.45) is 9.01. The van der Waals surface area contributed by atoms with Crippen molar-refractivity contribution in [3.05, 3.63) is 72.9 Å². The van der Waals surface area contributed by atoms with Crippen LogP contribution in [0.25, 0.3) is 56.1 Å². The van der Waals surface area contributed by atoms with Gasteiger partial charge in [-0.05, 0) is 42.4 Å². The van der Waals surface area contributed by atoms with E-state index in [4.69, 9.17) is 4.98 Å². The summed E-state index contributed by atoms with van der Waals surface area (Å²) in [5.74, 6) is 0.633. The lowest BCUT2D eigenvalue weighted by Crippen LogP contribution is -2.11. The Morgan fingerprint density at radius 2 is 1.91 bits per heavy atom. The molecule has 0 aliphatic rings. The smallest absolute Gasteiger partial charge is 0.178 e. The average Bonchev–Trinajstić information content (AvgIpc) is 3.51. The molecule has 3 N–H and O–H groups in total. The Hall–Kier alpha value is -4.50. The monoisotopic (exact) mass is 447 g/mol. The zero-order valence-electron chi connectivity index (χ0n) is 18.4. The lowest BCUT2D eigenvalue weighted by atomic mass is 10.1. The highest BCUT2D eigenvalue weighted by molar-refractivity contribution is 5.96. The van der Waals surface area contributed by atoms with Gasteiger partial charge >= 0.3 is 0 Å². The molecule has 0 bridgehead atoms. The molecular weight excluding hydrogens is 426 g/mol. The minimum absolute atomic E-state index is 0.615. The van der Waals surface area contributed by atoms with E-state index < -0.39 is 0 Å². The van der Waals surface area contributed by atoms with Gasteiger partial charge in [-0.25, -0.2) is 9.97 Å². The quantitative estimate of drug-likeness (QED) is 0.351. The van der Waals surface area contributed by atoms with Crippen LogP contribution in [0.1, 0.15) is 12.5 Å². The molecule has 6 aromatic heterocycles. The van der Waals surface area contributed by atoms with E-state index in [0.717, 1.165) is 57.6 Å². The molecule has 0 spiro atoms. The predicted molar refractivity (Wildman–Crippen MR) is 131 cm³/mol. The molecule has 0 radical (unpaired) electrons. The summed E-state index contributed by atoms with van der Waals surface area (Å²) in [7, 11) is 0. The Kier molecular flexibility index (Phi) is 5.00. The molecule has 0 saturated heterocycles. The van der Waals surface area contributed by atoms with Crippen molar-refractivity contribution < 1.29 is 0 Å². The molecule has 6 heterocycles. The first kappa shape index (κ1) is 20.1. The molecule has 6 rings (SSSR count). The summed E-state index contributed by atoms with van der Waals surface area (Å²) in [5, 5.41) is 11.8. The zero-order valence-corrected chi connectivity index (χ0v) is 18.4. The van der Waals surface area contributed by atoms with Gasteiger partial charge in [0.15, 0.2) is 11.5 Å². The minimum Gasteiger partial charge on any atom is -0.335 e. The van der Waals surface area contributed by atoms with Crippen molar-refractivity contribution in [2.75, 3.05) is 6.54 Å². The summed E-state index contributed by atoms with van der Waals surface area (Å²) < 4.78 is 0. The number of fused-ring (bicyclic) bond motifs is 2. The van der Waals surface area contributed by atoms with Gasteiger partial charge in [0.2, 0.25) is 0 Å². The molecule has 0 aliphatic carbocycles. The summed E-state index contributed by atoms with van der Waals surface area (Å²) >= 11 is 0. The zero-order chi connectivity index (χ0) is 22.9. The highest BCUT2D eigenvalue weighted by Crippen LogP contribution is 2.31. The number of pyridine rings is 4. The Labute approximate surface area is 194 Å². The van der Waals surface area contributed by atoms with Crippen molar-refractivity contribution in [3.63, 3.8) is 0 Å². The molecule has 9 heteroatoms. The molecule has 34 heavy (non-hydrogen) atoms. The third-order valence-electron chi connectivity index (χ3n) is 5.67. The van der Waals surface area contributed by atoms with Crippen LogP contribution in [0.3, 0.4) is 0 Å². The minimum atomic E-state index is 0.615. The molecule has 0 amide bonds. The predicted octanol–water partition coefficient (Wildman–Crippen LogP) is 4.13. The van der Waals surface area contributed by atoms with E-state index in [-0.39, 0.29) is 0 Å². The van der Waals surface area contributed by atoms with Gasteiger partial charge in [-0.1, -0.05) is 13.0 Å². The molecule has 0 aliphatic heterocycles. The van der Waals surface area contributed by atoms with Gasteiger partial charge in [-0.2, -0.15) is 5.10 Å². The van der Waals surface area contributed by atoms with Crippen LogP contribution in [0.2, 0.25) is 0 Å². The molecule has 0 fully saturated rings. The van der Waals surface area contributed by atoms with Crippen molar-refractivity contribution in [2.45, 2.75) is 13.5 Å². The van der Waals surface area contributed by atoms with Gasteiger partial charge < -0.3 is 10.3 Å². The first-order valence-corrected chi connectivity index (χ1v) is 11.1. The molecule has 9 nitrogen and oxygen atoms in total. The normalized spacial score (nSPS) is 11.4. The van der Waals surface area contributed by atoms with Gasteiger partial charge in [0.05, 0.1) is 28.6 Å². The van der Waals surface area contributed by atoms with Gasteiger partial charge in [-0.15, -0.1) is 0 Å². The Morgan fingerprint density at radius 3 is 2.79 bits per heavy atom. The van der Waals surface area contributed by atoms with E-state index in [1.54, 1.807) is 18.6 Å². The van der Waals surface area contributed by atoms with Crippen LogP contribution in [0.4, 0.5) is 0 Å². The fourth-order valence-electron chi connectivity index (χ4n) is 4.01. The summed E-state index contributed by atoms with van der Waals surface area (Å²) in [6.45, 7) is 3.75. The van der Waals surface area contributed by atoms with E-state index in [0.29, 0.717) is 17.2 Å². The lowest BCUT2D eigenvalue weighted by Gasteiger charge is -2.05. The summed E-state index contributed by atoms with van der Waals surface area (Å²) in [5.41, 5.74) is 7.65. The number of aromatic amines is 2. The molecule has 0 atom stereocenters. The van der Waals surface area contributed by atoms with Crippen molar-refractivity contribution in [2.24, 2.45) is 0 Å². The Morgan fingerprint density at radius 1 is 0.941 bits per heavy atom. The van der Waals surface area contributed by atoms with Crippen LogP contribution >= 0.6 is 0 Å². The molecule has 0 aromatic carbocycles. The van der Waals surface area contributed by atoms with Gasteiger partial charge in [0.1, 0.15) is 5.69 Å². The highest BCUT2D eigenvalue weighted by Gasteiger charge is 2.17. The fraction of sp³-hybridized carbons (Fsp3) is 0.120. The summed E-state index contributed by atoms with van der Waals surface area (Å²) in [6, 6.07) is 11.9. The van der Waals surface area contributed by atoms with Crippen LogP contribution in [0.5, 0.6) is 0 Å². The SMILES string of the molecule is CCNCc1cncc(-c2cc3c(-c4nc5nccc(-c6ccccn6)c5[nH]4)n[nH]c3cn2)c1. The average molecular weight is 448 g/mol. The van der Waals surface area contributed by atoms with E-state index >= 15 is 0 Å². The number of aromatic nitrogens is 8. The van der Waals surface area contributed by atoms with Crippen LogP contribution in [0.15, 0.2) is 67.4 Å². The number of H-pyrrole nitrogens is 2. The third kappa shape index (κ3) is 3.57. The maximum absolute atomic E-state index is 4.72. The number of nitrogens with one attached hydrogen (secondary N) is 3. The van der Waals surface area contributed by atoms with Crippen LogP contribution in [-0.4, -0.2) is 46.6 Å². The highest BCUT2D eigenvalue weighted by atomic mass is 15.1. The maximum atomic E-state index is 4.72. The van der Waals surface area contributed by atoms with E-state index in [1.807, 2.05) is 42.7 Å². The summed E-state index contributed by atoms with van der Waals surface area (Å²) in [4.78, 5) is 26.1. The van der Waals surface area contributed by atoms with Crippen molar-refractivity contribution >= 4 is 22.1 Å². The van der Waals surface area contributed by atoms with Gasteiger partial charge in [-0.3, -0.25) is 20.1 Å². The van der Waals surface area contributed by atoms with E-state index in [9.17, 15) is 0 Å². The number of hydrogen-bond acceptors (Lipinski definition) is 7. The largest absolute Gasteiger partial charge is 0.335 e. The lowest BCUT2D eigenvalue weighted by molar-refractivity contribution is 0.724. The van der Waals surface area contributed by atoms with Crippen molar-refractivity contribution in [1.29, 1.82) is 0 Å². The van der Waals surface area contributed by atoms with Crippen LogP contribution < -0.4 is 5.32 Å². The number of rotatable bonds is 6. The molecule has 0 saturated carbocycles. The van der Waals surface area contributed by atoms with Gasteiger partial charge in [0, 0.05) is 47.8 Å². The first-order valence-electron chi connectivity index (χ1n) is 11.1. The van der Waals surface area contributed by atoms with Crippen molar-refractivity contribution in [1.82, 2.24) is 45.4 Å².